The summed E-state index contributed by atoms with van der Waals surface area (Å²) in [6.45, 7) is 3.74. The molecule has 0 saturated carbocycles. The van der Waals surface area contributed by atoms with Gasteiger partial charge in [-0.15, -0.1) is 0 Å². The summed E-state index contributed by atoms with van der Waals surface area (Å²) in [7, 11) is 0. The second-order valence-electron chi connectivity index (χ2n) is 9.36. The zero-order valence-electron chi connectivity index (χ0n) is 20.2. The Kier molecular flexibility index (Phi) is 12.0. The summed E-state index contributed by atoms with van der Waals surface area (Å²) in [6.07, 6.45) is 16.3. The van der Waals surface area contributed by atoms with Gasteiger partial charge in [-0.3, -0.25) is 0 Å². The van der Waals surface area contributed by atoms with Crippen LogP contribution in [0.2, 0.25) is 0 Å². The largest absolute Gasteiger partial charge is 0.504 e. The van der Waals surface area contributed by atoms with Gasteiger partial charge in [0, 0.05) is 24.6 Å². The van der Waals surface area contributed by atoms with Crippen LogP contribution in [0.25, 0.3) is 6.08 Å². The van der Waals surface area contributed by atoms with Crippen LogP contribution < -0.4 is 5.32 Å². The molecule has 3 N–H and O–H groups in total. The Morgan fingerprint density at radius 3 is 2.30 bits per heavy atom. The van der Waals surface area contributed by atoms with Crippen molar-refractivity contribution in [3.8, 4) is 11.5 Å². The molecular weight excluding hydrogens is 418 g/mol. The molecule has 0 radical (unpaired) electrons. The van der Waals surface area contributed by atoms with Gasteiger partial charge in [0.1, 0.15) is 11.9 Å². The molecule has 0 aromatic heterocycles. The van der Waals surface area contributed by atoms with Crippen molar-refractivity contribution in [2.45, 2.75) is 109 Å². The smallest absolute Gasteiger partial charge is 0.331 e. The molecule has 2 rings (SSSR count). The fraction of sp³-hybridized carbons (Fsp3) is 0.630. The maximum atomic E-state index is 12.2. The summed E-state index contributed by atoms with van der Waals surface area (Å²) < 4.78 is 5.62. The molecular formula is C27H41NO5. The molecule has 1 heterocycles. The van der Waals surface area contributed by atoms with E-state index in [1.54, 1.807) is 19.1 Å². The monoisotopic (exact) mass is 459 g/mol. The highest BCUT2D eigenvalue weighted by Gasteiger charge is 2.28. The number of hydrogen-bond acceptors (Lipinski definition) is 6. The fourth-order valence-electron chi connectivity index (χ4n) is 4.39. The van der Waals surface area contributed by atoms with Gasteiger partial charge in [-0.1, -0.05) is 51.0 Å². The lowest BCUT2D eigenvalue weighted by atomic mass is 9.93. The molecule has 0 unspecified atom stereocenters. The van der Waals surface area contributed by atoms with E-state index in [4.69, 9.17) is 4.74 Å². The van der Waals surface area contributed by atoms with Gasteiger partial charge >= 0.3 is 5.97 Å². The van der Waals surface area contributed by atoms with Crippen LogP contribution in [0.1, 0.15) is 96.5 Å². The van der Waals surface area contributed by atoms with E-state index in [9.17, 15) is 19.8 Å². The van der Waals surface area contributed by atoms with Crippen molar-refractivity contribution in [3.05, 3.63) is 29.8 Å². The zero-order chi connectivity index (χ0) is 24.1. The van der Waals surface area contributed by atoms with Gasteiger partial charge in [0.05, 0.1) is 0 Å². The minimum atomic E-state index is -0.402. The van der Waals surface area contributed by atoms with Crippen LogP contribution in [0.5, 0.6) is 11.5 Å². The number of unbranched alkanes of at least 4 members (excludes halogenated alkanes) is 7. The standard InChI is InChI=1S/C27H41NO5/c1-20(29)11-9-7-5-3-4-6-8-10-12-23-15-17-26(21(2)28-23)33-27(32)18-14-22-13-16-24(30)25(31)19-22/h13-14,16,18-19,21,23,26,28,30-31H,3-12,15,17H2,1-2H3/b18-14+/t21-,23+,26-/m1/s1. The number of phenolic OH excluding ortho intramolecular Hbond substituents is 2. The Morgan fingerprint density at radius 2 is 1.67 bits per heavy atom. The van der Waals surface area contributed by atoms with Crippen molar-refractivity contribution in [1.82, 2.24) is 5.32 Å². The third-order valence-corrected chi connectivity index (χ3v) is 6.37. The number of ketones is 1. The maximum Gasteiger partial charge on any atom is 0.331 e. The molecule has 6 nitrogen and oxygen atoms in total. The minimum Gasteiger partial charge on any atom is -0.504 e. The summed E-state index contributed by atoms with van der Waals surface area (Å²) in [4.78, 5) is 23.1. The van der Waals surface area contributed by atoms with Crippen molar-refractivity contribution < 1.29 is 24.5 Å². The van der Waals surface area contributed by atoms with E-state index in [2.05, 4.69) is 12.2 Å². The number of benzene rings is 1. The van der Waals surface area contributed by atoms with Gasteiger partial charge in [-0.25, -0.2) is 4.79 Å². The highest BCUT2D eigenvalue weighted by Crippen LogP contribution is 2.25. The van der Waals surface area contributed by atoms with Gasteiger partial charge in [0.15, 0.2) is 11.5 Å². The number of nitrogens with one attached hydrogen (secondary N) is 1. The van der Waals surface area contributed by atoms with Crippen LogP contribution in [0.15, 0.2) is 24.3 Å². The fourth-order valence-corrected chi connectivity index (χ4v) is 4.39. The van der Waals surface area contributed by atoms with Crippen molar-refractivity contribution in [2.75, 3.05) is 0 Å². The van der Waals surface area contributed by atoms with E-state index >= 15 is 0 Å². The number of rotatable bonds is 14. The molecule has 1 aliphatic heterocycles. The summed E-state index contributed by atoms with van der Waals surface area (Å²) in [5, 5.41) is 22.5. The number of carbonyl (C=O) groups is 2. The highest BCUT2D eigenvalue weighted by atomic mass is 16.5. The van der Waals surface area contributed by atoms with Gasteiger partial charge in [-0.2, -0.15) is 0 Å². The first-order chi connectivity index (χ1) is 15.8. The maximum absolute atomic E-state index is 12.2. The second-order valence-corrected chi connectivity index (χ2v) is 9.36. The molecule has 0 amide bonds. The Balaban J connectivity index is 1.55. The number of carbonyl (C=O) groups excluding carboxylic acids is 2. The molecule has 1 saturated heterocycles. The van der Waals surface area contributed by atoms with Gasteiger partial charge in [0.25, 0.3) is 0 Å². The Hall–Kier alpha value is -2.34. The molecule has 1 fully saturated rings. The van der Waals surface area contributed by atoms with Gasteiger partial charge in [-0.05, 0) is 63.3 Å². The predicted octanol–water partition coefficient (Wildman–Crippen LogP) is 5.65. The molecule has 184 valence electrons. The topological polar surface area (TPSA) is 95.9 Å². The predicted molar refractivity (Wildman–Crippen MR) is 131 cm³/mol. The molecule has 3 atom stereocenters. The quantitative estimate of drug-likeness (QED) is 0.144. The zero-order valence-corrected chi connectivity index (χ0v) is 20.2. The van der Waals surface area contributed by atoms with E-state index in [1.165, 1.54) is 63.2 Å². The van der Waals surface area contributed by atoms with Gasteiger partial charge in [0.2, 0.25) is 0 Å². The number of piperidine rings is 1. The lowest BCUT2D eigenvalue weighted by Gasteiger charge is -2.35. The van der Waals surface area contributed by atoms with Crippen LogP contribution in [0, 0.1) is 0 Å². The van der Waals surface area contributed by atoms with E-state index in [-0.39, 0.29) is 23.6 Å². The molecule has 1 aromatic rings. The van der Waals surface area contributed by atoms with Crippen LogP contribution in [-0.4, -0.2) is 40.2 Å². The number of esters is 1. The summed E-state index contributed by atoms with van der Waals surface area (Å²) in [6, 6.07) is 4.99. The molecule has 1 aliphatic rings. The minimum absolute atomic E-state index is 0.119. The number of Topliss-reactive ketones (excluding diaryl/α,β-unsaturated/α-hetero) is 1. The van der Waals surface area contributed by atoms with Crippen LogP contribution in [-0.2, 0) is 14.3 Å². The third kappa shape index (κ3) is 10.9. The molecule has 0 spiro atoms. The molecule has 0 bridgehead atoms. The Labute approximate surface area is 198 Å². The summed E-state index contributed by atoms with van der Waals surface area (Å²) in [5.74, 6) is -0.512. The number of aromatic hydroxyl groups is 2. The number of ether oxygens (including phenoxy) is 1. The first kappa shape index (κ1) is 26.9. The van der Waals surface area contributed by atoms with E-state index in [0.29, 0.717) is 17.4 Å². The van der Waals surface area contributed by atoms with Crippen LogP contribution in [0.4, 0.5) is 0 Å². The lowest BCUT2D eigenvalue weighted by Crippen LogP contribution is -2.50. The van der Waals surface area contributed by atoms with Crippen molar-refractivity contribution in [3.63, 3.8) is 0 Å². The average molecular weight is 460 g/mol. The van der Waals surface area contributed by atoms with E-state index in [0.717, 1.165) is 32.1 Å². The second kappa shape index (κ2) is 14.7. The Morgan fingerprint density at radius 1 is 1.00 bits per heavy atom. The van der Waals surface area contributed by atoms with E-state index < -0.39 is 5.97 Å². The normalized spacial score (nSPS) is 20.7. The van der Waals surface area contributed by atoms with Crippen LogP contribution in [0.3, 0.4) is 0 Å². The van der Waals surface area contributed by atoms with Crippen molar-refractivity contribution >= 4 is 17.8 Å². The lowest BCUT2D eigenvalue weighted by molar-refractivity contribution is -0.145. The average Bonchev–Trinajstić information content (AvgIpc) is 2.77. The van der Waals surface area contributed by atoms with Crippen LogP contribution >= 0.6 is 0 Å². The van der Waals surface area contributed by atoms with E-state index in [1.807, 2.05) is 0 Å². The third-order valence-electron chi connectivity index (χ3n) is 6.37. The van der Waals surface area contributed by atoms with Gasteiger partial charge < -0.3 is 25.1 Å². The number of hydrogen-bond donors (Lipinski definition) is 3. The van der Waals surface area contributed by atoms with Crippen molar-refractivity contribution in [2.24, 2.45) is 0 Å². The first-order valence-corrected chi connectivity index (χ1v) is 12.5. The SMILES string of the molecule is CC(=O)CCCCCCCCCC[C@H]1CC[C@@H](OC(=O)/C=C/c2ccc(O)c(O)c2)[C@@H](C)N1. The Bertz CT molecular complexity index is 776. The molecule has 6 heteroatoms. The summed E-state index contributed by atoms with van der Waals surface area (Å²) in [5.41, 5.74) is 0.616. The summed E-state index contributed by atoms with van der Waals surface area (Å²) >= 11 is 0. The molecule has 1 aromatic carbocycles. The van der Waals surface area contributed by atoms with Crippen molar-refractivity contribution in [1.29, 1.82) is 0 Å². The highest BCUT2D eigenvalue weighted by molar-refractivity contribution is 5.87. The first-order valence-electron chi connectivity index (χ1n) is 12.5. The molecule has 0 aliphatic carbocycles. The molecule has 33 heavy (non-hydrogen) atoms. The number of phenols is 2.